The maximum atomic E-state index is 12.4. The molecule has 0 aliphatic rings. The number of phosphoric ester groups is 1. The SMILES string of the molecule is CCC/C=C\CCCCCCCCOCC(COP(=O)(O)OCC(N)C(=O)O)OC(=O)CCCCCCCCCCC. The van der Waals surface area contributed by atoms with E-state index >= 15 is 0 Å². The fourth-order valence-corrected chi connectivity index (χ4v) is 4.97. The number of carbonyl (C=O) groups is 2. The van der Waals surface area contributed by atoms with Crippen LogP contribution < -0.4 is 5.73 Å². The van der Waals surface area contributed by atoms with Gasteiger partial charge in [0.1, 0.15) is 12.1 Å². The molecule has 3 unspecified atom stereocenters. The number of aliphatic carboxylic acids is 1. The summed E-state index contributed by atoms with van der Waals surface area (Å²) in [6, 6.07) is -1.47. The number of ether oxygens (including phenoxy) is 2. The van der Waals surface area contributed by atoms with Crippen molar-refractivity contribution in [3.8, 4) is 0 Å². The predicted octanol–water partition coefficient (Wildman–Crippen LogP) is 7.47. The summed E-state index contributed by atoms with van der Waals surface area (Å²) in [6.07, 6.45) is 24.2. The number of carbonyl (C=O) groups excluding carboxylic acids is 1. The second kappa shape index (κ2) is 28.5. The molecule has 0 amide bonds. The molecular weight excluding hydrogens is 561 g/mol. The van der Waals surface area contributed by atoms with Crippen LogP contribution in [0.15, 0.2) is 12.2 Å². The van der Waals surface area contributed by atoms with Crippen LogP contribution in [0, 0.1) is 0 Å². The fourth-order valence-electron chi connectivity index (χ4n) is 4.19. The monoisotopic (exact) mass is 621 g/mol. The highest BCUT2D eigenvalue weighted by Crippen LogP contribution is 2.43. The van der Waals surface area contributed by atoms with E-state index in [1.54, 1.807) is 0 Å². The van der Waals surface area contributed by atoms with Crippen molar-refractivity contribution in [2.24, 2.45) is 5.73 Å². The maximum absolute atomic E-state index is 12.4. The Morgan fingerprint density at radius 3 is 1.90 bits per heavy atom. The number of nitrogens with two attached hydrogens (primary N) is 1. The number of unbranched alkanes of at least 4 members (excludes halogenated alkanes) is 15. The smallest absolute Gasteiger partial charge is 0.472 e. The molecule has 0 saturated heterocycles. The maximum Gasteiger partial charge on any atom is 0.472 e. The Balaban J connectivity index is 4.38. The first-order valence-electron chi connectivity index (χ1n) is 16.2. The molecule has 4 N–H and O–H groups in total. The van der Waals surface area contributed by atoms with Gasteiger partial charge in [0.2, 0.25) is 0 Å². The highest BCUT2D eigenvalue weighted by Gasteiger charge is 2.27. The Kier molecular flexibility index (Phi) is 27.6. The molecule has 0 aliphatic heterocycles. The average Bonchev–Trinajstić information content (AvgIpc) is 2.96. The summed E-state index contributed by atoms with van der Waals surface area (Å²) in [5.74, 6) is -1.78. The van der Waals surface area contributed by atoms with E-state index in [9.17, 15) is 19.0 Å². The quantitative estimate of drug-likeness (QED) is 0.0307. The lowest BCUT2D eigenvalue weighted by Gasteiger charge is -2.20. The number of hydrogen-bond donors (Lipinski definition) is 3. The molecule has 0 fully saturated rings. The molecule has 0 aromatic heterocycles. The Labute approximate surface area is 254 Å². The van der Waals surface area contributed by atoms with E-state index in [1.165, 1.54) is 57.8 Å². The van der Waals surface area contributed by atoms with E-state index in [0.29, 0.717) is 13.0 Å². The Morgan fingerprint density at radius 1 is 0.738 bits per heavy atom. The van der Waals surface area contributed by atoms with Crippen molar-refractivity contribution in [2.75, 3.05) is 26.4 Å². The molecule has 0 aromatic carbocycles. The van der Waals surface area contributed by atoms with Crippen molar-refractivity contribution >= 4 is 19.8 Å². The summed E-state index contributed by atoms with van der Waals surface area (Å²) in [4.78, 5) is 33.1. The van der Waals surface area contributed by atoms with E-state index in [2.05, 4.69) is 30.5 Å². The lowest BCUT2D eigenvalue weighted by atomic mass is 10.1. The molecule has 10 nitrogen and oxygen atoms in total. The van der Waals surface area contributed by atoms with Gasteiger partial charge in [-0.15, -0.1) is 0 Å². The number of esters is 1. The van der Waals surface area contributed by atoms with Gasteiger partial charge < -0.3 is 25.2 Å². The molecular formula is C31H60NO9P. The predicted molar refractivity (Wildman–Crippen MR) is 166 cm³/mol. The summed E-state index contributed by atoms with van der Waals surface area (Å²) in [5, 5.41) is 8.81. The summed E-state index contributed by atoms with van der Waals surface area (Å²) < 4.78 is 33.0. The van der Waals surface area contributed by atoms with Crippen LogP contribution in [0.25, 0.3) is 0 Å². The van der Waals surface area contributed by atoms with Crippen molar-refractivity contribution in [3.05, 3.63) is 12.2 Å². The van der Waals surface area contributed by atoms with Gasteiger partial charge in [-0.25, -0.2) is 4.57 Å². The topological polar surface area (TPSA) is 155 Å². The van der Waals surface area contributed by atoms with E-state index in [1.807, 2.05) is 0 Å². The number of rotatable bonds is 31. The normalized spacial score (nSPS) is 14.6. The standard InChI is InChI=1S/C31H60NO9P/c1-3-5-7-9-11-13-14-16-18-20-22-24-38-25-28(26-39-42(36,37)40-27-29(32)31(34)35)41-30(33)23-21-19-17-15-12-10-8-6-4-2/h7,9,28-29H,3-6,8,10-27,32H2,1-2H3,(H,34,35)(H,36,37)/b9-7-. The van der Waals surface area contributed by atoms with Crippen molar-refractivity contribution < 1.29 is 42.7 Å². The van der Waals surface area contributed by atoms with Gasteiger partial charge in [-0.05, 0) is 32.1 Å². The van der Waals surface area contributed by atoms with Crippen LogP contribution in [0.4, 0.5) is 0 Å². The molecule has 0 bridgehead atoms. The van der Waals surface area contributed by atoms with E-state index in [-0.39, 0.29) is 13.0 Å². The number of phosphoric acid groups is 1. The van der Waals surface area contributed by atoms with Crippen LogP contribution >= 0.6 is 7.82 Å². The van der Waals surface area contributed by atoms with Gasteiger partial charge in [-0.2, -0.15) is 0 Å². The van der Waals surface area contributed by atoms with Crippen LogP contribution in [-0.2, 0) is 32.7 Å². The molecule has 0 heterocycles. The second-order valence-corrected chi connectivity index (χ2v) is 12.4. The summed E-state index contributed by atoms with van der Waals surface area (Å²) >= 11 is 0. The Hall–Kier alpha value is -1.29. The van der Waals surface area contributed by atoms with Crippen LogP contribution in [-0.4, -0.2) is 60.5 Å². The van der Waals surface area contributed by atoms with Crippen molar-refractivity contribution in [3.63, 3.8) is 0 Å². The molecule has 0 rings (SSSR count). The van der Waals surface area contributed by atoms with Crippen molar-refractivity contribution in [1.29, 1.82) is 0 Å². The first kappa shape index (κ1) is 40.7. The zero-order chi connectivity index (χ0) is 31.3. The zero-order valence-corrected chi connectivity index (χ0v) is 27.2. The van der Waals surface area contributed by atoms with Gasteiger partial charge in [0, 0.05) is 13.0 Å². The largest absolute Gasteiger partial charge is 0.480 e. The Morgan fingerprint density at radius 2 is 1.29 bits per heavy atom. The number of hydrogen-bond acceptors (Lipinski definition) is 8. The van der Waals surface area contributed by atoms with Gasteiger partial charge >= 0.3 is 19.8 Å². The van der Waals surface area contributed by atoms with Gasteiger partial charge in [0.15, 0.2) is 0 Å². The minimum absolute atomic E-state index is 0.0161. The Bertz CT molecular complexity index is 735. The van der Waals surface area contributed by atoms with Crippen LogP contribution in [0.5, 0.6) is 0 Å². The van der Waals surface area contributed by atoms with E-state index < -0.39 is 45.1 Å². The third-order valence-electron chi connectivity index (χ3n) is 6.78. The van der Waals surface area contributed by atoms with Gasteiger partial charge in [0.05, 0.1) is 19.8 Å². The number of carboxylic acid groups (broad SMARTS) is 1. The molecule has 0 radical (unpaired) electrons. The van der Waals surface area contributed by atoms with Crippen LogP contribution in [0.3, 0.4) is 0 Å². The molecule has 0 aromatic rings. The van der Waals surface area contributed by atoms with Crippen LogP contribution in [0.2, 0.25) is 0 Å². The third kappa shape index (κ3) is 27.5. The first-order chi connectivity index (χ1) is 20.2. The average molecular weight is 622 g/mol. The zero-order valence-electron chi connectivity index (χ0n) is 26.3. The summed E-state index contributed by atoms with van der Waals surface area (Å²) in [5.41, 5.74) is 5.31. The van der Waals surface area contributed by atoms with E-state index in [4.69, 9.17) is 24.8 Å². The molecule has 0 spiro atoms. The second-order valence-electron chi connectivity index (χ2n) is 10.9. The highest BCUT2D eigenvalue weighted by atomic mass is 31.2. The highest BCUT2D eigenvalue weighted by molar-refractivity contribution is 7.47. The van der Waals surface area contributed by atoms with Crippen molar-refractivity contribution in [1.82, 2.24) is 0 Å². The number of allylic oxidation sites excluding steroid dienone is 2. The molecule has 0 saturated carbocycles. The number of carboxylic acids is 1. The lowest BCUT2D eigenvalue weighted by molar-refractivity contribution is -0.154. The molecule has 42 heavy (non-hydrogen) atoms. The molecule has 0 aliphatic carbocycles. The van der Waals surface area contributed by atoms with Crippen molar-refractivity contribution in [2.45, 2.75) is 148 Å². The summed E-state index contributed by atoms with van der Waals surface area (Å²) in [7, 11) is -4.59. The molecule has 11 heteroatoms. The van der Waals surface area contributed by atoms with Gasteiger partial charge in [-0.3, -0.25) is 18.6 Å². The minimum Gasteiger partial charge on any atom is -0.480 e. The third-order valence-corrected chi connectivity index (χ3v) is 7.73. The summed E-state index contributed by atoms with van der Waals surface area (Å²) in [6.45, 7) is 3.76. The van der Waals surface area contributed by atoms with Gasteiger partial charge in [0.25, 0.3) is 0 Å². The lowest BCUT2D eigenvalue weighted by Crippen LogP contribution is -2.34. The van der Waals surface area contributed by atoms with Crippen LogP contribution in [0.1, 0.15) is 136 Å². The minimum atomic E-state index is -4.59. The van der Waals surface area contributed by atoms with Gasteiger partial charge in [-0.1, -0.05) is 109 Å². The molecule has 3 atom stereocenters. The first-order valence-corrected chi connectivity index (χ1v) is 17.7. The fraction of sp³-hybridized carbons (Fsp3) is 0.871. The van der Waals surface area contributed by atoms with E-state index in [0.717, 1.165) is 51.4 Å². The molecule has 248 valence electrons.